The second-order valence-electron chi connectivity index (χ2n) is 6.66. The van der Waals surface area contributed by atoms with Crippen molar-refractivity contribution in [1.82, 2.24) is 14.9 Å². The Morgan fingerprint density at radius 2 is 1.93 bits per heavy atom. The topological polar surface area (TPSA) is 96.5 Å². The molecule has 0 saturated carbocycles. The van der Waals surface area contributed by atoms with Gasteiger partial charge in [-0.2, -0.15) is 0 Å². The molecule has 2 amide bonds. The standard InChI is InChI=1S/C20H25N5O3/c1-3-28-20(27)25-10-8-15(9-11-25)23-18-13-21-17(12-22-18)19(26)24-16-7-5-4-6-14(16)2/h4-7,12-13,15H,3,8-11H2,1-2H3,(H,22,23)(H,24,26). The number of aryl methyl sites for hydroxylation is 1. The van der Waals surface area contributed by atoms with Gasteiger partial charge in [-0.05, 0) is 38.3 Å². The molecule has 8 heteroatoms. The number of hydrogen-bond acceptors (Lipinski definition) is 6. The minimum absolute atomic E-state index is 0.201. The first-order chi connectivity index (χ1) is 13.6. The molecule has 0 aliphatic carbocycles. The molecule has 1 saturated heterocycles. The monoisotopic (exact) mass is 383 g/mol. The van der Waals surface area contributed by atoms with Crippen LogP contribution < -0.4 is 10.6 Å². The Labute approximate surface area is 164 Å². The predicted octanol–water partition coefficient (Wildman–Crippen LogP) is 3.07. The van der Waals surface area contributed by atoms with Crippen molar-refractivity contribution >= 4 is 23.5 Å². The fraction of sp³-hybridized carbons (Fsp3) is 0.400. The summed E-state index contributed by atoms with van der Waals surface area (Å²) in [7, 11) is 0. The number of nitrogens with one attached hydrogen (secondary N) is 2. The first kappa shape index (κ1) is 19.6. The van der Waals surface area contributed by atoms with Gasteiger partial charge < -0.3 is 20.3 Å². The highest BCUT2D eigenvalue weighted by Gasteiger charge is 2.23. The molecule has 2 N–H and O–H groups in total. The van der Waals surface area contributed by atoms with Gasteiger partial charge in [-0.3, -0.25) is 4.79 Å². The molecule has 0 atom stereocenters. The number of hydrogen-bond donors (Lipinski definition) is 2. The number of amides is 2. The van der Waals surface area contributed by atoms with E-state index in [1.807, 2.05) is 31.2 Å². The number of rotatable bonds is 5. The summed E-state index contributed by atoms with van der Waals surface area (Å²) in [5.41, 5.74) is 1.99. The molecule has 1 aliphatic heterocycles. The quantitative estimate of drug-likeness (QED) is 0.824. The number of anilines is 2. The van der Waals surface area contributed by atoms with Gasteiger partial charge in [0.2, 0.25) is 0 Å². The molecule has 1 aromatic carbocycles. The highest BCUT2D eigenvalue weighted by molar-refractivity contribution is 6.03. The highest BCUT2D eigenvalue weighted by atomic mass is 16.6. The summed E-state index contributed by atoms with van der Waals surface area (Å²) < 4.78 is 5.03. The molecule has 28 heavy (non-hydrogen) atoms. The third-order valence-electron chi connectivity index (χ3n) is 4.65. The maximum atomic E-state index is 12.3. The Morgan fingerprint density at radius 1 is 1.18 bits per heavy atom. The van der Waals surface area contributed by atoms with Crippen LogP contribution in [0.1, 0.15) is 35.8 Å². The van der Waals surface area contributed by atoms with Crippen LogP contribution in [0.5, 0.6) is 0 Å². The van der Waals surface area contributed by atoms with Gasteiger partial charge in [0, 0.05) is 24.8 Å². The van der Waals surface area contributed by atoms with E-state index in [0.717, 1.165) is 24.1 Å². The molecule has 0 bridgehead atoms. The van der Waals surface area contributed by atoms with E-state index in [2.05, 4.69) is 20.6 Å². The first-order valence-electron chi connectivity index (χ1n) is 9.44. The molecular formula is C20H25N5O3. The molecule has 1 aromatic heterocycles. The molecule has 0 unspecified atom stereocenters. The van der Waals surface area contributed by atoms with Crippen molar-refractivity contribution in [2.24, 2.45) is 0 Å². The lowest BCUT2D eigenvalue weighted by atomic mass is 10.1. The van der Waals surface area contributed by atoms with Crippen LogP contribution in [0.3, 0.4) is 0 Å². The van der Waals surface area contributed by atoms with Crippen molar-refractivity contribution in [3.63, 3.8) is 0 Å². The number of benzene rings is 1. The number of ether oxygens (including phenoxy) is 1. The Morgan fingerprint density at radius 3 is 2.57 bits per heavy atom. The van der Waals surface area contributed by atoms with Gasteiger partial charge in [0.05, 0.1) is 19.0 Å². The van der Waals surface area contributed by atoms with E-state index < -0.39 is 0 Å². The van der Waals surface area contributed by atoms with E-state index in [0.29, 0.717) is 25.5 Å². The fourth-order valence-corrected chi connectivity index (χ4v) is 3.05. The zero-order valence-corrected chi connectivity index (χ0v) is 16.1. The summed E-state index contributed by atoms with van der Waals surface area (Å²) >= 11 is 0. The van der Waals surface area contributed by atoms with Crippen LogP contribution in [0, 0.1) is 6.92 Å². The number of aromatic nitrogens is 2. The van der Waals surface area contributed by atoms with Crippen LogP contribution in [-0.2, 0) is 4.74 Å². The van der Waals surface area contributed by atoms with Crippen LogP contribution >= 0.6 is 0 Å². The lowest BCUT2D eigenvalue weighted by molar-refractivity contribution is 0.0982. The van der Waals surface area contributed by atoms with Crippen molar-refractivity contribution in [1.29, 1.82) is 0 Å². The fourth-order valence-electron chi connectivity index (χ4n) is 3.05. The maximum Gasteiger partial charge on any atom is 0.409 e. The number of nitrogens with zero attached hydrogens (tertiary/aromatic N) is 3. The molecule has 0 radical (unpaired) electrons. The SMILES string of the molecule is CCOC(=O)N1CCC(Nc2cnc(C(=O)Nc3ccccc3C)cn2)CC1. The highest BCUT2D eigenvalue weighted by Crippen LogP contribution is 2.17. The van der Waals surface area contributed by atoms with E-state index in [4.69, 9.17) is 4.74 Å². The summed E-state index contributed by atoms with van der Waals surface area (Å²) in [6, 6.07) is 7.77. The Balaban J connectivity index is 1.52. The van der Waals surface area contributed by atoms with E-state index in [-0.39, 0.29) is 23.7 Å². The van der Waals surface area contributed by atoms with Crippen LogP contribution in [0.2, 0.25) is 0 Å². The molecule has 2 aromatic rings. The summed E-state index contributed by atoms with van der Waals surface area (Å²) in [5, 5.41) is 6.16. The predicted molar refractivity (Wildman–Crippen MR) is 106 cm³/mol. The number of piperidine rings is 1. The zero-order valence-electron chi connectivity index (χ0n) is 16.1. The second kappa shape index (κ2) is 9.16. The van der Waals surface area contributed by atoms with E-state index in [1.165, 1.54) is 6.20 Å². The number of para-hydroxylation sites is 1. The second-order valence-corrected chi connectivity index (χ2v) is 6.66. The van der Waals surface area contributed by atoms with Crippen LogP contribution in [-0.4, -0.2) is 52.6 Å². The lowest BCUT2D eigenvalue weighted by Crippen LogP contribution is -2.42. The Kier molecular flexibility index (Phi) is 6.41. The van der Waals surface area contributed by atoms with Gasteiger partial charge >= 0.3 is 6.09 Å². The third kappa shape index (κ3) is 4.97. The minimum atomic E-state index is -0.295. The average Bonchev–Trinajstić information content (AvgIpc) is 2.71. The van der Waals surface area contributed by atoms with E-state index in [9.17, 15) is 9.59 Å². The summed E-state index contributed by atoms with van der Waals surface area (Å²) in [4.78, 5) is 34.3. The van der Waals surface area contributed by atoms with Gasteiger partial charge in [-0.25, -0.2) is 14.8 Å². The molecular weight excluding hydrogens is 358 g/mol. The molecule has 8 nitrogen and oxygen atoms in total. The molecule has 2 heterocycles. The van der Waals surface area contributed by atoms with Crippen LogP contribution in [0.25, 0.3) is 0 Å². The van der Waals surface area contributed by atoms with Crippen molar-refractivity contribution in [3.8, 4) is 0 Å². The Bertz CT molecular complexity index is 817. The van der Waals surface area contributed by atoms with E-state index in [1.54, 1.807) is 18.0 Å². The third-order valence-corrected chi connectivity index (χ3v) is 4.65. The number of likely N-dealkylation sites (tertiary alicyclic amines) is 1. The van der Waals surface area contributed by atoms with Gasteiger partial charge in [0.15, 0.2) is 0 Å². The van der Waals surface area contributed by atoms with Gasteiger partial charge in [-0.1, -0.05) is 18.2 Å². The number of carbonyl (C=O) groups excluding carboxylic acids is 2. The summed E-state index contributed by atoms with van der Waals surface area (Å²) in [6.07, 6.45) is 4.37. The molecule has 1 aliphatic rings. The van der Waals surface area contributed by atoms with Crippen molar-refractivity contribution < 1.29 is 14.3 Å². The lowest BCUT2D eigenvalue weighted by Gasteiger charge is -2.31. The summed E-state index contributed by atoms with van der Waals surface area (Å²) in [5.74, 6) is 0.318. The molecule has 148 valence electrons. The zero-order chi connectivity index (χ0) is 19.9. The molecule has 3 rings (SSSR count). The molecule has 0 spiro atoms. The maximum absolute atomic E-state index is 12.3. The smallest absolute Gasteiger partial charge is 0.409 e. The van der Waals surface area contributed by atoms with Crippen LogP contribution in [0.15, 0.2) is 36.7 Å². The van der Waals surface area contributed by atoms with E-state index >= 15 is 0 Å². The van der Waals surface area contributed by atoms with Gasteiger partial charge in [0.1, 0.15) is 11.5 Å². The van der Waals surface area contributed by atoms with Crippen molar-refractivity contribution in [2.75, 3.05) is 30.3 Å². The molecule has 1 fully saturated rings. The first-order valence-corrected chi connectivity index (χ1v) is 9.44. The van der Waals surface area contributed by atoms with Gasteiger partial charge in [0.25, 0.3) is 5.91 Å². The minimum Gasteiger partial charge on any atom is -0.450 e. The van der Waals surface area contributed by atoms with Crippen LogP contribution in [0.4, 0.5) is 16.3 Å². The largest absolute Gasteiger partial charge is 0.450 e. The number of carbonyl (C=O) groups is 2. The van der Waals surface area contributed by atoms with Crippen molar-refractivity contribution in [3.05, 3.63) is 47.9 Å². The van der Waals surface area contributed by atoms with Crippen molar-refractivity contribution in [2.45, 2.75) is 32.7 Å². The average molecular weight is 383 g/mol. The van der Waals surface area contributed by atoms with Gasteiger partial charge in [-0.15, -0.1) is 0 Å². The summed E-state index contributed by atoms with van der Waals surface area (Å²) in [6.45, 7) is 5.40. The Hall–Kier alpha value is -3.16. The normalized spacial score (nSPS) is 14.4.